The van der Waals surface area contributed by atoms with Crippen LogP contribution in [0.1, 0.15) is 110 Å². The zero-order valence-corrected chi connectivity index (χ0v) is 47.6. The lowest BCUT2D eigenvalue weighted by Gasteiger charge is -2.29. The summed E-state index contributed by atoms with van der Waals surface area (Å²) in [5, 5.41) is 17.3. The van der Waals surface area contributed by atoms with Crippen LogP contribution >= 0.6 is 11.1 Å². The first-order valence-corrected chi connectivity index (χ1v) is 30.2. The minimum absolute atomic E-state index is 0.0152. The molecule has 4 N–H and O–H groups in total. The maximum Gasteiger partial charge on any atom is 0.189 e. The molecule has 73 heavy (non-hydrogen) atoms. The summed E-state index contributed by atoms with van der Waals surface area (Å²) in [6.45, 7) is 26.1. The van der Waals surface area contributed by atoms with E-state index < -0.39 is 7.38 Å². The fraction of sp³-hybridized carbons (Fsp3) is 0.534. The van der Waals surface area contributed by atoms with Crippen LogP contribution in [0.25, 0.3) is 0 Å². The van der Waals surface area contributed by atoms with E-state index in [0.717, 1.165) is 91.2 Å². The van der Waals surface area contributed by atoms with Crippen molar-refractivity contribution in [1.82, 2.24) is 20.6 Å². The molecule has 1 aromatic heterocycles. The van der Waals surface area contributed by atoms with E-state index in [1.54, 1.807) is 18.7 Å². The first-order valence-electron chi connectivity index (χ1n) is 26.1. The van der Waals surface area contributed by atoms with E-state index in [-0.39, 0.29) is 33.0 Å². The van der Waals surface area contributed by atoms with Crippen LogP contribution in [-0.4, -0.2) is 94.7 Å². The quantitative estimate of drug-likeness (QED) is 0.0141. The van der Waals surface area contributed by atoms with Crippen LogP contribution in [0.4, 0.5) is 0 Å². The standard InChI is InChI=1S/C25H37NO4.C24H35NO5.C6H15ClSi.C3H4N2/c1-4-23(26-18-22-13-8-10-17-25(22)30-20-28-6-3)15-11-14-21-12-7-9-16-24(21)29-19-27-5-2;1-3-27-18-29-23-14-7-5-10-20(23)12-9-13-22(17-26)25-16-21-11-6-8-15-24(21)30-19-28-4-2;1-6(2,3)8(4,5)7;1-2-5-3-4-1/h7-10,12-13,16-17,23,26H,4-6,11,14-15,18-20H2,1-3H3;5-8,10-11,14-15,22,25-26H,3-4,9,12-13,16-19H2,1-2H3;1-5H3;1-3H,(H,4,5). The number of imidazole rings is 1. The molecule has 13 nitrogen and oxygen atoms in total. The number of H-pyrrole nitrogens is 1. The van der Waals surface area contributed by atoms with Crippen molar-refractivity contribution in [1.29, 1.82) is 0 Å². The lowest BCUT2D eigenvalue weighted by Crippen LogP contribution is -2.32. The highest BCUT2D eigenvalue weighted by Crippen LogP contribution is 2.38. The smallest absolute Gasteiger partial charge is 0.189 e. The Morgan fingerprint density at radius 3 is 1.21 bits per heavy atom. The van der Waals surface area contributed by atoms with Crippen molar-refractivity contribution in [2.75, 3.05) is 60.2 Å². The van der Waals surface area contributed by atoms with Gasteiger partial charge < -0.3 is 58.6 Å². The molecule has 408 valence electrons. The second kappa shape index (κ2) is 39.9. The highest BCUT2D eigenvalue weighted by Gasteiger charge is 2.32. The topological polar surface area (TPSA) is 147 Å². The Balaban J connectivity index is 0.000000400. The summed E-state index contributed by atoms with van der Waals surface area (Å²) in [5.41, 5.74) is 4.60. The third-order valence-electron chi connectivity index (χ3n) is 12.0. The van der Waals surface area contributed by atoms with Crippen LogP contribution in [-0.2, 0) is 44.9 Å². The van der Waals surface area contributed by atoms with Gasteiger partial charge in [-0.05, 0) is 113 Å². The first-order chi connectivity index (χ1) is 35.3. The molecule has 0 fully saturated rings. The van der Waals surface area contributed by atoms with Crippen molar-refractivity contribution >= 4 is 18.5 Å². The van der Waals surface area contributed by atoms with Crippen molar-refractivity contribution in [2.45, 2.75) is 144 Å². The van der Waals surface area contributed by atoms with E-state index in [0.29, 0.717) is 50.8 Å². The Labute approximate surface area is 445 Å². The maximum atomic E-state index is 9.79. The lowest BCUT2D eigenvalue weighted by molar-refractivity contribution is 0.0215. The summed E-state index contributed by atoms with van der Waals surface area (Å²) in [7, 11) is -1.39. The van der Waals surface area contributed by atoms with Crippen molar-refractivity contribution < 1.29 is 43.0 Å². The van der Waals surface area contributed by atoms with E-state index in [1.807, 2.05) is 100 Å². The molecule has 0 radical (unpaired) electrons. The third kappa shape index (κ3) is 29.3. The zero-order valence-electron chi connectivity index (χ0n) is 45.9. The normalized spacial score (nSPS) is 11.9. The van der Waals surface area contributed by atoms with Gasteiger partial charge >= 0.3 is 0 Å². The maximum absolute atomic E-state index is 9.79. The summed E-state index contributed by atoms with van der Waals surface area (Å²) in [6, 6.07) is 32.8. The van der Waals surface area contributed by atoms with Gasteiger partial charge in [-0.15, -0.1) is 0 Å². The average Bonchev–Trinajstić information content (AvgIpc) is 3.99. The Morgan fingerprint density at radius 2 is 0.904 bits per heavy atom. The molecule has 0 aliphatic heterocycles. The van der Waals surface area contributed by atoms with E-state index in [2.05, 4.69) is 85.7 Å². The molecule has 0 bridgehead atoms. The van der Waals surface area contributed by atoms with Gasteiger partial charge in [0.25, 0.3) is 0 Å². The number of hydrogen-bond acceptors (Lipinski definition) is 12. The van der Waals surface area contributed by atoms with Gasteiger partial charge in [0.05, 0.1) is 12.9 Å². The number of ether oxygens (including phenoxy) is 8. The Morgan fingerprint density at radius 1 is 0.562 bits per heavy atom. The Hall–Kier alpha value is -4.48. The fourth-order valence-corrected chi connectivity index (χ4v) is 6.55. The molecule has 0 saturated heterocycles. The monoisotopic (exact) mass is 1050 g/mol. The average molecular weight is 1050 g/mol. The number of hydrogen-bond donors (Lipinski definition) is 4. The number of para-hydroxylation sites is 4. The van der Waals surface area contributed by atoms with Gasteiger partial charge in [0.15, 0.2) is 34.6 Å². The summed E-state index contributed by atoms with van der Waals surface area (Å²) in [6.07, 6.45) is 12.1. The summed E-state index contributed by atoms with van der Waals surface area (Å²) >= 11 is 6.15. The number of nitrogens with zero attached hydrogens (tertiary/aromatic N) is 1. The highest BCUT2D eigenvalue weighted by molar-refractivity contribution is 7.20. The van der Waals surface area contributed by atoms with Crippen molar-refractivity contribution in [3.63, 3.8) is 0 Å². The van der Waals surface area contributed by atoms with Crippen LogP contribution in [0, 0.1) is 0 Å². The molecule has 0 aliphatic carbocycles. The molecule has 2 atom stereocenters. The van der Waals surface area contributed by atoms with Crippen molar-refractivity contribution in [2.24, 2.45) is 0 Å². The van der Waals surface area contributed by atoms with Crippen molar-refractivity contribution in [3.8, 4) is 23.0 Å². The second-order valence-electron chi connectivity index (χ2n) is 18.5. The van der Waals surface area contributed by atoms with Crippen LogP contribution < -0.4 is 29.6 Å². The molecular weight excluding hydrogens is 960 g/mol. The molecule has 15 heteroatoms. The zero-order chi connectivity index (χ0) is 53.4. The highest BCUT2D eigenvalue weighted by atomic mass is 35.6. The van der Waals surface area contributed by atoms with Gasteiger partial charge in [-0.2, -0.15) is 11.1 Å². The summed E-state index contributed by atoms with van der Waals surface area (Å²) < 4.78 is 44.1. The summed E-state index contributed by atoms with van der Waals surface area (Å²) in [5.74, 6) is 3.47. The van der Waals surface area contributed by atoms with Crippen LogP contribution in [0.5, 0.6) is 23.0 Å². The van der Waals surface area contributed by atoms with Crippen LogP contribution in [0.2, 0.25) is 18.1 Å². The van der Waals surface area contributed by atoms with E-state index in [4.69, 9.17) is 49.0 Å². The molecule has 1 heterocycles. The minimum Gasteiger partial charge on any atom is -0.467 e. The van der Waals surface area contributed by atoms with E-state index in [1.165, 1.54) is 5.56 Å². The number of rotatable bonds is 32. The largest absolute Gasteiger partial charge is 0.467 e. The van der Waals surface area contributed by atoms with Gasteiger partial charge in [0, 0.05) is 75.1 Å². The molecule has 0 aliphatic rings. The molecule has 0 spiro atoms. The number of aromatic amines is 1. The minimum atomic E-state index is -1.39. The Bertz CT molecular complexity index is 1920. The number of aliphatic hydroxyl groups is 1. The number of nitrogens with one attached hydrogen (secondary N) is 3. The van der Waals surface area contributed by atoms with Crippen LogP contribution in [0.15, 0.2) is 116 Å². The number of halogens is 1. The molecule has 2 unspecified atom stereocenters. The lowest BCUT2D eigenvalue weighted by atomic mass is 10.0. The van der Waals surface area contributed by atoms with Gasteiger partial charge in [-0.1, -0.05) is 114 Å². The number of aromatic nitrogens is 2. The fourth-order valence-electron chi connectivity index (χ4n) is 6.55. The predicted octanol–water partition coefficient (Wildman–Crippen LogP) is 12.9. The molecule has 4 aromatic carbocycles. The number of aryl methyl sites for hydroxylation is 2. The Kier molecular flexibility index (Phi) is 35.3. The second-order valence-corrected chi connectivity index (χ2v) is 25.7. The van der Waals surface area contributed by atoms with Crippen molar-refractivity contribution in [3.05, 3.63) is 138 Å². The van der Waals surface area contributed by atoms with Gasteiger partial charge in [0.2, 0.25) is 0 Å². The predicted molar refractivity (Wildman–Crippen MR) is 300 cm³/mol. The van der Waals surface area contributed by atoms with E-state index >= 15 is 0 Å². The third-order valence-corrected chi connectivity index (χ3v) is 17.2. The number of benzene rings is 4. The van der Waals surface area contributed by atoms with Gasteiger partial charge in [-0.25, -0.2) is 4.98 Å². The van der Waals surface area contributed by atoms with Gasteiger partial charge in [-0.3, -0.25) is 0 Å². The molecule has 0 amide bonds. The summed E-state index contributed by atoms with van der Waals surface area (Å²) in [4.78, 5) is 6.42. The molecular formula is C58H91ClN4O9Si. The molecule has 5 rings (SSSR count). The molecule has 5 aromatic rings. The van der Waals surface area contributed by atoms with E-state index in [9.17, 15) is 5.11 Å². The SMILES string of the molecule is CC(C)(C)[Si](C)(C)Cl.CCOCOc1ccccc1CCCC(CC)NCc1ccccc1OCOCC.CCOCOc1ccccc1CCCC(CO)NCc1ccccc1OCOCC.c1c[nH]cn1. The van der Waals surface area contributed by atoms with Crippen LogP contribution in [0.3, 0.4) is 0 Å². The van der Waals surface area contributed by atoms with Gasteiger partial charge in [0.1, 0.15) is 23.0 Å². The molecule has 0 saturated carbocycles. The first kappa shape index (κ1) is 64.6. The number of aliphatic hydroxyl groups excluding tert-OH is 1.